The fourth-order valence-corrected chi connectivity index (χ4v) is 4.75. The fraction of sp³-hybridized carbons (Fsp3) is 0.516. The maximum absolute atomic E-state index is 11.2. The first-order valence-corrected chi connectivity index (χ1v) is 15.0. The molecule has 4 N–H and O–H groups in total. The van der Waals surface area contributed by atoms with Crippen molar-refractivity contribution in [2.45, 2.75) is 83.2 Å². The second-order valence-electron chi connectivity index (χ2n) is 10.7. The number of rotatable bonds is 15. The van der Waals surface area contributed by atoms with Gasteiger partial charge >= 0.3 is 18.1 Å². The molecule has 3 aromatic rings. The third kappa shape index (κ3) is 15.8. The third-order valence-electron chi connectivity index (χ3n) is 6.95. The van der Waals surface area contributed by atoms with Gasteiger partial charge in [0.25, 0.3) is 0 Å². The molecule has 1 aliphatic rings. The van der Waals surface area contributed by atoms with Gasteiger partial charge in [0.15, 0.2) is 5.82 Å². The van der Waals surface area contributed by atoms with E-state index in [2.05, 4.69) is 36.8 Å². The summed E-state index contributed by atoms with van der Waals surface area (Å²) in [6.45, 7) is 1.74. The molecule has 1 saturated carbocycles. The van der Waals surface area contributed by atoms with Gasteiger partial charge in [0, 0.05) is 44.7 Å². The zero-order valence-corrected chi connectivity index (χ0v) is 25.5. The van der Waals surface area contributed by atoms with Crippen LogP contribution in [0.5, 0.6) is 0 Å². The first-order chi connectivity index (χ1) is 22.0. The van der Waals surface area contributed by atoms with Gasteiger partial charge in [-0.1, -0.05) is 30.1 Å². The average molecular weight is 648 g/mol. The number of hydrogen-bond donors (Lipinski definition) is 4. The molecule has 1 fully saturated rings. The molecule has 0 saturated heterocycles. The molecule has 15 heteroatoms. The number of aromatic nitrogens is 4. The van der Waals surface area contributed by atoms with Crippen molar-refractivity contribution in [3.05, 3.63) is 60.5 Å². The fourth-order valence-electron chi connectivity index (χ4n) is 4.75. The highest BCUT2D eigenvalue weighted by molar-refractivity contribution is 5.73. The van der Waals surface area contributed by atoms with Gasteiger partial charge in [0.2, 0.25) is 5.89 Å². The maximum Gasteiger partial charge on any atom is 0.490 e. The van der Waals surface area contributed by atoms with Crippen LogP contribution in [-0.2, 0) is 22.4 Å². The van der Waals surface area contributed by atoms with Crippen molar-refractivity contribution in [3.8, 4) is 6.07 Å². The number of aliphatic carboxylic acids is 2. The van der Waals surface area contributed by atoms with Crippen LogP contribution in [0.25, 0.3) is 0 Å². The monoisotopic (exact) mass is 647 g/mol. The Morgan fingerprint density at radius 3 is 1.98 bits per heavy atom. The molecule has 0 aromatic carbocycles. The number of anilines is 2. The minimum Gasteiger partial charge on any atom is -0.481 e. The summed E-state index contributed by atoms with van der Waals surface area (Å²) in [7, 11) is 0. The second-order valence-corrected chi connectivity index (χ2v) is 10.7. The van der Waals surface area contributed by atoms with E-state index in [1.54, 1.807) is 12.4 Å². The Kier molecular flexibility index (Phi) is 16.5. The van der Waals surface area contributed by atoms with Crippen molar-refractivity contribution >= 4 is 23.6 Å². The second kappa shape index (κ2) is 20.3. The number of nitrogens with zero attached hydrogens (tertiary/aromatic N) is 5. The summed E-state index contributed by atoms with van der Waals surface area (Å²) >= 11 is 0. The van der Waals surface area contributed by atoms with Gasteiger partial charge in [-0.3, -0.25) is 4.79 Å². The van der Waals surface area contributed by atoms with Crippen LogP contribution in [0.3, 0.4) is 0 Å². The molecule has 12 nitrogen and oxygen atoms in total. The molecule has 0 aliphatic heterocycles. The number of nitriles is 1. The number of nitrogens with one attached hydrogen (secondary N) is 2. The standard InChI is InChI=1S/C19H26N4O3.C10H13N3.C2HF3O2/c24-18(25)14-19(9-3-4-10-19)13-17-22-16(23-26-17)8-2-6-12-21-15-7-1-5-11-20-15;11-7-3-1-4-8-12-10-6-2-5-9-13-10;3-2(4,5)1(6)7/h1,5,7,11H,2-4,6,8-10,12-14H2,(H,20,21)(H,24,25);2,5-6,9H,1,3-4,8H2,(H,12,13);(H,6,7). The summed E-state index contributed by atoms with van der Waals surface area (Å²) in [5.74, 6) is -0.426. The first-order valence-electron chi connectivity index (χ1n) is 15.0. The van der Waals surface area contributed by atoms with Crippen LogP contribution in [0.15, 0.2) is 53.3 Å². The summed E-state index contributed by atoms with van der Waals surface area (Å²) in [4.78, 5) is 32.9. The van der Waals surface area contributed by atoms with Gasteiger partial charge in [0.1, 0.15) is 11.6 Å². The number of pyridine rings is 2. The van der Waals surface area contributed by atoms with E-state index in [1.165, 1.54) is 0 Å². The Labute approximate surface area is 265 Å². The SMILES string of the molecule is N#CCCCCNc1ccccn1.O=C(O)C(F)(F)F.O=C(O)CC1(Cc2nc(CCCCNc3ccccn3)no2)CCCC1. The van der Waals surface area contributed by atoms with Crippen LogP contribution in [0.1, 0.15) is 75.9 Å². The predicted octanol–water partition coefficient (Wildman–Crippen LogP) is 6.30. The summed E-state index contributed by atoms with van der Waals surface area (Å²) < 4.78 is 37.1. The van der Waals surface area contributed by atoms with Crippen LogP contribution >= 0.6 is 0 Å². The van der Waals surface area contributed by atoms with Crippen molar-refractivity contribution < 1.29 is 37.5 Å². The van der Waals surface area contributed by atoms with Gasteiger partial charge in [-0.15, -0.1) is 0 Å². The minimum absolute atomic E-state index is 0.184. The number of carboxylic acids is 2. The Hall–Kier alpha value is -4.74. The number of halogens is 3. The van der Waals surface area contributed by atoms with Gasteiger partial charge in [0.05, 0.1) is 12.5 Å². The molecule has 3 heterocycles. The number of carbonyl (C=O) groups is 2. The van der Waals surface area contributed by atoms with Crippen LogP contribution in [0.4, 0.5) is 24.8 Å². The lowest BCUT2D eigenvalue weighted by molar-refractivity contribution is -0.192. The van der Waals surface area contributed by atoms with Crippen molar-refractivity contribution in [1.29, 1.82) is 5.26 Å². The van der Waals surface area contributed by atoms with Crippen molar-refractivity contribution in [2.75, 3.05) is 23.7 Å². The summed E-state index contributed by atoms with van der Waals surface area (Å²) in [6.07, 6.45) is 8.55. The number of aryl methyl sites for hydroxylation is 1. The highest BCUT2D eigenvalue weighted by atomic mass is 19.4. The molecule has 1 aliphatic carbocycles. The zero-order valence-electron chi connectivity index (χ0n) is 25.5. The van der Waals surface area contributed by atoms with Crippen LogP contribution in [-0.4, -0.2) is 61.5 Å². The lowest BCUT2D eigenvalue weighted by Crippen LogP contribution is -2.24. The van der Waals surface area contributed by atoms with E-state index >= 15 is 0 Å². The minimum atomic E-state index is -5.08. The van der Waals surface area contributed by atoms with E-state index in [1.807, 2.05) is 36.4 Å². The number of alkyl halides is 3. The van der Waals surface area contributed by atoms with Crippen molar-refractivity contribution in [3.63, 3.8) is 0 Å². The Morgan fingerprint density at radius 1 is 0.935 bits per heavy atom. The smallest absolute Gasteiger partial charge is 0.481 e. The van der Waals surface area contributed by atoms with Crippen LogP contribution < -0.4 is 10.6 Å². The zero-order chi connectivity index (χ0) is 33.7. The molecule has 0 bridgehead atoms. The highest BCUT2D eigenvalue weighted by Gasteiger charge is 2.38. The summed E-state index contributed by atoms with van der Waals surface area (Å²) in [6, 6.07) is 13.7. The lowest BCUT2D eigenvalue weighted by atomic mass is 9.79. The van der Waals surface area contributed by atoms with E-state index < -0.39 is 18.1 Å². The molecular formula is C31H40F3N7O5. The van der Waals surface area contributed by atoms with Gasteiger partial charge in [-0.2, -0.15) is 23.4 Å². The summed E-state index contributed by atoms with van der Waals surface area (Å²) in [5, 5.41) is 35.1. The van der Waals surface area contributed by atoms with E-state index in [0.29, 0.717) is 24.6 Å². The Balaban J connectivity index is 0.000000305. The largest absolute Gasteiger partial charge is 0.490 e. The van der Waals surface area contributed by atoms with Crippen molar-refractivity contribution in [1.82, 2.24) is 20.1 Å². The number of hydrogen-bond acceptors (Lipinski definition) is 10. The Bertz CT molecular complexity index is 1330. The third-order valence-corrected chi connectivity index (χ3v) is 6.95. The quantitative estimate of drug-likeness (QED) is 0.135. The first kappa shape index (κ1) is 37.4. The lowest BCUT2D eigenvalue weighted by Gasteiger charge is -2.24. The molecule has 3 aromatic heterocycles. The topological polar surface area (TPSA) is 187 Å². The molecule has 0 radical (unpaired) electrons. The number of unbranched alkanes of at least 4 members (excludes halogenated alkanes) is 3. The van der Waals surface area contributed by atoms with E-state index in [4.69, 9.17) is 19.7 Å². The van der Waals surface area contributed by atoms with Gasteiger partial charge < -0.3 is 25.4 Å². The molecule has 250 valence electrons. The maximum atomic E-state index is 11.2. The highest BCUT2D eigenvalue weighted by Crippen LogP contribution is 2.43. The average Bonchev–Trinajstić information content (AvgIpc) is 3.67. The predicted molar refractivity (Wildman–Crippen MR) is 163 cm³/mol. The molecule has 0 unspecified atom stereocenters. The Morgan fingerprint density at radius 2 is 1.50 bits per heavy atom. The van der Waals surface area contributed by atoms with Gasteiger partial charge in [-0.25, -0.2) is 14.8 Å². The molecule has 0 spiro atoms. The van der Waals surface area contributed by atoms with E-state index in [9.17, 15) is 23.1 Å². The molecule has 0 atom stereocenters. The molecule has 4 rings (SSSR count). The summed E-state index contributed by atoms with van der Waals surface area (Å²) in [5.41, 5.74) is -0.206. The van der Waals surface area contributed by atoms with Gasteiger partial charge in [-0.05, 0) is 68.2 Å². The molecular weight excluding hydrogens is 607 g/mol. The molecule has 46 heavy (non-hydrogen) atoms. The van der Waals surface area contributed by atoms with Crippen molar-refractivity contribution in [2.24, 2.45) is 5.41 Å². The van der Waals surface area contributed by atoms with Crippen LogP contribution in [0.2, 0.25) is 0 Å². The van der Waals surface area contributed by atoms with E-state index in [-0.39, 0.29) is 11.8 Å². The number of carboxylic acid groups (broad SMARTS) is 2. The van der Waals surface area contributed by atoms with Crippen LogP contribution in [0, 0.1) is 16.7 Å². The van der Waals surface area contributed by atoms with E-state index in [0.717, 1.165) is 82.5 Å². The molecule has 0 amide bonds. The normalized spacial score (nSPS) is 13.3.